The molecular weight excluding hydrogens is 698 g/mol. The topological polar surface area (TPSA) is 22.0 Å². The molecular formula is C53H42NOP. The highest BCUT2D eigenvalue weighted by molar-refractivity contribution is 7.85. The summed E-state index contributed by atoms with van der Waals surface area (Å²) in [5.74, 6) is 0. The first-order chi connectivity index (χ1) is 27.3. The van der Waals surface area contributed by atoms with Gasteiger partial charge in [0.05, 0.1) is 22.0 Å². The average Bonchev–Trinajstić information content (AvgIpc) is 3.58. The van der Waals surface area contributed by atoms with Crippen LogP contribution in [-0.4, -0.2) is 4.57 Å². The fourth-order valence-corrected chi connectivity index (χ4v) is 12.9. The van der Waals surface area contributed by atoms with E-state index >= 15 is 4.57 Å². The highest BCUT2D eigenvalue weighted by atomic mass is 31.2. The minimum Gasteiger partial charge on any atom is -0.309 e. The fourth-order valence-electron chi connectivity index (χ4n) is 10.2. The molecule has 0 N–H and O–H groups in total. The molecule has 0 fully saturated rings. The van der Waals surface area contributed by atoms with Crippen LogP contribution in [0.5, 0.6) is 0 Å². The molecule has 1 aliphatic heterocycles. The predicted molar refractivity (Wildman–Crippen MR) is 236 cm³/mol. The van der Waals surface area contributed by atoms with Crippen molar-refractivity contribution in [3.63, 3.8) is 0 Å². The van der Waals surface area contributed by atoms with E-state index in [0.29, 0.717) is 0 Å². The Labute approximate surface area is 328 Å². The van der Waals surface area contributed by atoms with Crippen LogP contribution >= 0.6 is 7.14 Å². The van der Waals surface area contributed by atoms with Gasteiger partial charge in [0.25, 0.3) is 0 Å². The molecule has 1 unspecified atom stereocenters. The molecule has 7 aromatic carbocycles. The molecule has 1 aromatic heterocycles. The van der Waals surface area contributed by atoms with Crippen LogP contribution in [0.2, 0.25) is 0 Å². The number of fused-ring (bicyclic) bond motifs is 10. The van der Waals surface area contributed by atoms with Crippen LogP contribution < -0.4 is 26.5 Å². The van der Waals surface area contributed by atoms with E-state index in [0.717, 1.165) is 21.5 Å². The van der Waals surface area contributed by atoms with Crippen molar-refractivity contribution in [3.05, 3.63) is 227 Å². The van der Waals surface area contributed by atoms with Crippen LogP contribution in [0.1, 0.15) is 48.6 Å². The molecule has 3 heteroatoms. The number of nitrogens with zero attached hydrogens (tertiary/aromatic N) is 1. The molecule has 1 aliphatic carbocycles. The predicted octanol–water partition coefficient (Wildman–Crippen LogP) is 10.1. The van der Waals surface area contributed by atoms with E-state index in [2.05, 4.69) is 153 Å². The summed E-state index contributed by atoms with van der Waals surface area (Å²) < 4.78 is 17.8. The largest absolute Gasteiger partial charge is 0.309 e. The third kappa shape index (κ3) is 4.54. The molecule has 8 aromatic rings. The SMILES string of the molecule is C=C/C=c1\c2n(c3ccccc13)-c1ccccc1C1(C=2C)c2ccccc2C(C)(C)c2c(-c3ccc(P(=O)(c4ccccc4)c4ccccc4)cc3)cccc21. The van der Waals surface area contributed by atoms with Gasteiger partial charge >= 0.3 is 0 Å². The van der Waals surface area contributed by atoms with Crippen LogP contribution in [0.3, 0.4) is 0 Å². The number of hydrogen-bond acceptors (Lipinski definition) is 1. The van der Waals surface area contributed by atoms with E-state index in [1.807, 2.05) is 66.7 Å². The van der Waals surface area contributed by atoms with Crippen molar-refractivity contribution in [2.45, 2.75) is 31.6 Å². The van der Waals surface area contributed by atoms with Crippen LogP contribution in [0, 0.1) is 0 Å². The molecule has 270 valence electrons. The summed E-state index contributed by atoms with van der Waals surface area (Å²) in [6.45, 7) is 11.3. The van der Waals surface area contributed by atoms with Gasteiger partial charge in [-0.1, -0.05) is 196 Å². The molecule has 1 atom stereocenters. The Balaban J connectivity index is 1.28. The number of allylic oxidation sites excluding steroid dienone is 1. The minimum atomic E-state index is -3.12. The highest BCUT2D eigenvalue weighted by Gasteiger charge is 2.52. The zero-order valence-corrected chi connectivity index (χ0v) is 32.8. The summed E-state index contributed by atoms with van der Waals surface area (Å²) in [6.07, 6.45) is 4.10. The Morgan fingerprint density at radius 2 is 1.12 bits per heavy atom. The summed E-state index contributed by atoms with van der Waals surface area (Å²) in [5, 5.41) is 6.13. The van der Waals surface area contributed by atoms with Crippen LogP contribution in [-0.2, 0) is 15.4 Å². The van der Waals surface area contributed by atoms with Gasteiger partial charge in [0, 0.05) is 31.9 Å². The van der Waals surface area contributed by atoms with E-state index in [1.165, 1.54) is 66.1 Å². The molecule has 2 nitrogen and oxygen atoms in total. The first-order valence-corrected chi connectivity index (χ1v) is 21.1. The first kappa shape index (κ1) is 34.3. The Kier molecular flexibility index (Phi) is 7.76. The van der Waals surface area contributed by atoms with Gasteiger partial charge in [-0.2, -0.15) is 0 Å². The lowest BCUT2D eigenvalue weighted by Gasteiger charge is -2.50. The molecule has 0 amide bonds. The fraction of sp³-hybridized carbons (Fsp3) is 0.0943. The van der Waals surface area contributed by atoms with Gasteiger partial charge in [-0.15, -0.1) is 0 Å². The molecule has 2 aliphatic rings. The van der Waals surface area contributed by atoms with Gasteiger partial charge in [-0.05, 0) is 63.6 Å². The van der Waals surface area contributed by atoms with Crippen molar-refractivity contribution in [2.24, 2.45) is 0 Å². The van der Waals surface area contributed by atoms with Crippen molar-refractivity contribution in [3.8, 4) is 16.8 Å². The summed E-state index contributed by atoms with van der Waals surface area (Å²) in [7, 11) is -3.12. The van der Waals surface area contributed by atoms with Crippen LogP contribution in [0.15, 0.2) is 189 Å². The Hall–Kier alpha value is -6.21. The molecule has 56 heavy (non-hydrogen) atoms. The maximum absolute atomic E-state index is 15.3. The standard InChI is InChI=1S/C53H42NOP/c1-5-19-43-42-24-12-16-30-48(42)54-49-31-17-15-28-46(49)53(36(2)51(43)54)45-27-14-13-26-44(45)52(3,4)50-41(25-18-29-47(50)53)37-32-34-40(35-33-37)56(55,38-20-8-6-9-21-38)39-22-10-7-11-23-39/h5-35H,1H2,2-4H3/b43-19-. The van der Waals surface area contributed by atoms with Crippen molar-refractivity contribution >= 4 is 45.6 Å². The van der Waals surface area contributed by atoms with Crippen molar-refractivity contribution in [2.75, 3.05) is 0 Å². The number of para-hydroxylation sites is 2. The summed E-state index contributed by atoms with van der Waals surface area (Å²) in [4.78, 5) is 0. The zero-order chi connectivity index (χ0) is 38.2. The average molecular weight is 740 g/mol. The number of aromatic nitrogens is 1. The zero-order valence-electron chi connectivity index (χ0n) is 31.9. The maximum atomic E-state index is 15.3. The number of rotatable bonds is 5. The number of hydrogen-bond donors (Lipinski definition) is 0. The summed E-state index contributed by atoms with van der Waals surface area (Å²) >= 11 is 0. The molecule has 0 bridgehead atoms. The monoisotopic (exact) mass is 739 g/mol. The lowest BCUT2D eigenvalue weighted by molar-refractivity contribution is 0.566. The second-order valence-electron chi connectivity index (χ2n) is 15.6. The quantitative estimate of drug-likeness (QED) is 0.161. The molecule has 0 saturated carbocycles. The lowest BCUT2D eigenvalue weighted by atomic mass is 9.52. The molecule has 0 saturated heterocycles. The Bertz CT molecular complexity index is 3000. The van der Waals surface area contributed by atoms with E-state index < -0.39 is 12.6 Å². The van der Waals surface area contributed by atoms with Gasteiger partial charge in [0.15, 0.2) is 7.14 Å². The first-order valence-electron chi connectivity index (χ1n) is 19.4. The summed E-state index contributed by atoms with van der Waals surface area (Å²) in [5.41, 5.74) is 11.6. The smallest absolute Gasteiger partial charge is 0.171 e. The van der Waals surface area contributed by atoms with E-state index in [9.17, 15) is 0 Å². The molecule has 0 radical (unpaired) electrons. The van der Waals surface area contributed by atoms with Crippen molar-refractivity contribution in [1.29, 1.82) is 0 Å². The molecule has 2 heterocycles. The van der Waals surface area contributed by atoms with Crippen LogP contribution in [0.4, 0.5) is 0 Å². The molecule has 10 rings (SSSR count). The Morgan fingerprint density at radius 1 is 0.571 bits per heavy atom. The van der Waals surface area contributed by atoms with Crippen molar-refractivity contribution in [1.82, 2.24) is 4.57 Å². The normalized spacial score (nSPS) is 16.9. The lowest BCUT2D eigenvalue weighted by Crippen LogP contribution is -2.49. The van der Waals surface area contributed by atoms with Gasteiger partial charge in [-0.25, -0.2) is 0 Å². The van der Waals surface area contributed by atoms with Gasteiger partial charge in [0.2, 0.25) is 0 Å². The number of benzene rings is 7. The molecule has 1 spiro atoms. The minimum absolute atomic E-state index is 0.328. The second kappa shape index (κ2) is 12.7. The van der Waals surface area contributed by atoms with Gasteiger partial charge < -0.3 is 9.13 Å². The van der Waals surface area contributed by atoms with E-state index in [4.69, 9.17) is 0 Å². The van der Waals surface area contributed by atoms with Gasteiger partial charge in [0.1, 0.15) is 0 Å². The van der Waals surface area contributed by atoms with Gasteiger partial charge in [-0.3, -0.25) is 0 Å². The van der Waals surface area contributed by atoms with Crippen LogP contribution in [0.25, 0.3) is 39.4 Å². The van der Waals surface area contributed by atoms with E-state index in [-0.39, 0.29) is 5.41 Å². The maximum Gasteiger partial charge on any atom is 0.171 e. The Morgan fingerprint density at radius 3 is 1.80 bits per heavy atom. The third-order valence-electron chi connectivity index (χ3n) is 12.5. The summed E-state index contributed by atoms with van der Waals surface area (Å²) in [6, 6.07) is 62.2. The highest BCUT2D eigenvalue weighted by Crippen LogP contribution is 2.59. The second-order valence-corrected chi connectivity index (χ2v) is 18.4. The van der Waals surface area contributed by atoms with E-state index in [1.54, 1.807) is 0 Å². The third-order valence-corrected chi connectivity index (χ3v) is 15.6. The van der Waals surface area contributed by atoms with Crippen molar-refractivity contribution < 1.29 is 4.57 Å².